The number of hydrogen-bond acceptors (Lipinski definition) is 3. The number of halogens is 4. The molecule has 0 saturated carbocycles. The second-order valence-corrected chi connectivity index (χ2v) is 6.94. The highest BCUT2D eigenvalue weighted by molar-refractivity contribution is 9.10. The van der Waals surface area contributed by atoms with Crippen molar-refractivity contribution in [2.45, 2.75) is 4.90 Å². The van der Waals surface area contributed by atoms with Gasteiger partial charge in [-0.3, -0.25) is 4.72 Å². The Bertz CT molecular complexity index is 746. The first kappa shape index (κ1) is 15.3. The van der Waals surface area contributed by atoms with Gasteiger partial charge in [-0.2, -0.15) is 0 Å². The lowest BCUT2D eigenvalue weighted by atomic mass is 10.3. The lowest BCUT2D eigenvalue weighted by molar-refractivity contribution is 0.548. The van der Waals surface area contributed by atoms with Gasteiger partial charge in [0.05, 0.1) is 0 Å². The third kappa shape index (κ3) is 3.33. The molecule has 0 radical (unpaired) electrons. The first-order valence-electron chi connectivity index (χ1n) is 5.09. The molecular formula is C11H6Br2F2N2O2S. The number of anilines is 1. The predicted octanol–water partition coefficient (Wildman–Crippen LogP) is 3.69. The Morgan fingerprint density at radius 3 is 2.45 bits per heavy atom. The summed E-state index contributed by atoms with van der Waals surface area (Å²) >= 11 is 5.92. The Balaban J connectivity index is 2.46. The van der Waals surface area contributed by atoms with Crippen LogP contribution in [0.15, 0.2) is 44.3 Å². The third-order valence-electron chi connectivity index (χ3n) is 2.19. The van der Waals surface area contributed by atoms with Crippen molar-refractivity contribution in [1.29, 1.82) is 0 Å². The van der Waals surface area contributed by atoms with Crippen molar-refractivity contribution in [1.82, 2.24) is 4.98 Å². The molecule has 0 aliphatic heterocycles. The molecule has 0 aliphatic rings. The predicted molar refractivity (Wildman–Crippen MR) is 76.8 cm³/mol. The zero-order valence-electron chi connectivity index (χ0n) is 9.57. The molecule has 0 fully saturated rings. The van der Waals surface area contributed by atoms with Crippen LogP contribution >= 0.6 is 31.9 Å². The van der Waals surface area contributed by atoms with E-state index in [0.717, 1.165) is 6.07 Å². The fraction of sp³-hybridized carbons (Fsp3) is 0. The van der Waals surface area contributed by atoms with Gasteiger partial charge in [0.15, 0.2) is 0 Å². The smallest absolute Gasteiger partial charge is 0.263 e. The van der Waals surface area contributed by atoms with Crippen LogP contribution in [0.5, 0.6) is 0 Å². The highest BCUT2D eigenvalue weighted by atomic mass is 79.9. The third-order valence-corrected chi connectivity index (χ3v) is 4.95. The summed E-state index contributed by atoms with van der Waals surface area (Å²) in [6.45, 7) is 0. The van der Waals surface area contributed by atoms with E-state index in [9.17, 15) is 17.2 Å². The molecule has 1 N–H and O–H groups in total. The molecule has 0 amide bonds. The zero-order chi connectivity index (χ0) is 14.9. The normalized spacial score (nSPS) is 11.4. The number of sulfonamides is 1. The number of aromatic nitrogens is 1. The van der Waals surface area contributed by atoms with Crippen LogP contribution in [0.3, 0.4) is 0 Å². The first-order valence-corrected chi connectivity index (χ1v) is 8.16. The fourth-order valence-corrected chi connectivity index (χ4v) is 3.95. The molecule has 0 aliphatic carbocycles. The largest absolute Gasteiger partial charge is 0.267 e. The molecule has 1 heterocycles. The van der Waals surface area contributed by atoms with Gasteiger partial charge in [0, 0.05) is 10.5 Å². The maximum absolute atomic E-state index is 13.7. The van der Waals surface area contributed by atoms with Crippen LogP contribution in [0, 0.1) is 11.6 Å². The molecule has 106 valence electrons. The summed E-state index contributed by atoms with van der Waals surface area (Å²) in [5.74, 6) is -2.07. The SMILES string of the molecule is O=S(=O)(Nc1cccc(Br)n1)c1c(F)cc(F)cc1Br. The summed E-state index contributed by atoms with van der Waals surface area (Å²) in [6.07, 6.45) is 0. The molecule has 1 aromatic carbocycles. The number of rotatable bonds is 3. The number of hydrogen-bond donors (Lipinski definition) is 1. The van der Waals surface area contributed by atoms with Gasteiger partial charge in [-0.05, 0) is 50.1 Å². The van der Waals surface area contributed by atoms with Crippen molar-refractivity contribution in [3.63, 3.8) is 0 Å². The van der Waals surface area contributed by atoms with E-state index in [-0.39, 0.29) is 10.3 Å². The molecule has 20 heavy (non-hydrogen) atoms. The van der Waals surface area contributed by atoms with Crippen molar-refractivity contribution >= 4 is 47.7 Å². The number of pyridine rings is 1. The maximum atomic E-state index is 13.7. The number of benzene rings is 1. The Kier molecular flexibility index (Phi) is 4.40. The lowest BCUT2D eigenvalue weighted by Crippen LogP contribution is -2.16. The summed E-state index contributed by atoms with van der Waals surface area (Å²) in [5.41, 5.74) is 0. The van der Waals surface area contributed by atoms with Crippen LogP contribution < -0.4 is 4.72 Å². The minimum atomic E-state index is -4.23. The molecule has 2 rings (SSSR count). The molecular weight excluding hydrogens is 422 g/mol. The molecule has 1 aromatic heterocycles. The molecule has 0 unspecified atom stereocenters. The van der Waals surface area contributed by atoms with Crippen molar-refractivity contribution in [2.75, 3.05) is 4.72 Å². The second-order valence-electron chi connectivity index (χ2n) is 3.65. The van der Waals surface area contributed by atoms with E-state index >= 15 is 0 Å². The fourth-order valence-electron chi connectivity index (χ4n) is 1.44. The van der Waals surface area contributed by atoms with Crippen LogP contribution in [0.2, 0.25) is 0 Å². The van der Waals surface area contributed by atoms with Gasteiger partial charge in [-0.15, -0.1) is 0 Å². The summed E-state index contributed by atoms with van der Waals surface area (Å²) < 4.78 is 53.2. The molecule has 9 heteroatoms. The van der Waals surface area contributed by atoms with Gasteiger partial charge in [0.2, 0.25) is 0 Å². The minimum absolute atomic E-state index is 0.00926. The molecule has 0 atom stereocenters. The molecule has 4 nitrogen and oxygen atoms in total. The number of nitrogens with zero attached hydrogens (tertiary/aromatic N) is 1. The van der Waals surface area contributed by atoms with Gasteiger partial charge in [-0.1, -0.05) is 6.07 Å². The summed E-state index contributed by atoms with van der Waals surface area (Å²) in [6, 6.07) is 5.93. The first-order chi connectivity index (χ1) is 9.29. The van der Waals surface area contributed by atoms with Crippen LogP contribution in [-0.2, 0) is 10.0 Å². The van der Waals surface area contributed by atoms with Gasteiger partial charge in [0.25, 0.3) is 10.0 Å². The Labute approximate surface area is 130 Å². The zero-order valence-corrected chi connectivity index (χ0v) is 13.6. The average molecular weight is 428 g/mol. The van der Waals surface area contributed by atoms with Gasteiger partial charge in [-0.25, -0.2) is 22.2 Å². The van der Waals surface area contributed by atoms with Gasteiger partial charge >= 0.3 is 0 Å². The quantitative estimate of drug-likeness (QED) is 0.760. The number of nitrogens with one attached hydrogen (secondary N) is 1. The van der Waals surface area contributed by atoms with E-state index in [0.29, 0.717) is 10.7 Å². The topological polar surface area (TPSA) is 59.1 Å². The second kappa shape index (κ2) is 5.74. The van der Waals surface area contributed by atoms with Crippen molar-refractivity contribution in [3.05, 3.63) is 51.0 Å². The highest BCUT2D eigenvalue weighted by Gasteiger charge is 2.24. The van der Waals surface area contributed by atoms with E-state index in [2.05, 4.69) is 41.6 Å². The van der Waals surface area contributed by atoms with Crippen LogP contribution in [0.25, 0.3) is 0 Å². The van der Waals surface area contributed by atoms with E-state index in [1.54, 1.807) is 12.1 Å². The van der Waals surface area contributed by atoms with Crippen LogP contribution in [0.1, 0.15) is 0 Å². The van der Waals surface area contributed by atoms with Gasteiger partial charge < -0.3 is 0 Å². The summed E-state index contributed by atoms with van der Waals surface area (Å²) in [4.78, 5) is 3.20. The Morgan fingerprint density at radius 1 is 1.15 bits per heavy atom. The van der Waals surface area contributed by atoms with Crippen molar-refractivity contribution in [2.24, 2.45) is 0 Å². The molecule has 0 spiro atoms. The lowest BCUT2D eigenvalue weighted by Gasteiger charge is -2.10. The summed E-state index contributed by atoms with van der Waals surface area (Å²) in [7, 11) is -4.23. The molecule has 0 bridgehead atoms. The van der Waals surface area contributed by atoms with Crippen molar-refractivity contribution in [3.8, 4) is 0 Å². The Hall–Kier alpha value is -1.06. The average Bonchev–Trinajstić information content (AvgIpc) is 2.25. The molecule has 0 saturated heterocycles. The summed E-state index contributed by atoms with van der Waals surface area (Å²) in [5, 5.41) is 0. The maximum Gasteiger partial charge on any atom is 0.267 e. The highest BCUT2D eigenvalue weighted by Crippen LogP contribution is 2.27. The van der Waals surface area contributed by atoms with E-state index in [1.165, 1.54) is 6.07 Å². The minimum Gasteiger partial charge on any atom is -0.263 e. The van der Waals surface area contributed by atoms with Gasteiger partial charge in [0.1, 0.15) is 27.0 Å². The standard InChI is InChI=1S/C11H6Br2F2N2O2S/c12-7-4-6(14)5-8(15)11(7)20(18,19)17-10-3-1-2-9(13)16-10/h1-5H,(H,16,17). The molecule has 2 aromatic rings. The van der Waals surface area contributed by atoms with E-state index in [4.69, 9.17) is 0 Å². The van der Waals surface area contributed by atoms with E-state index < -0.39 is 26.6 Å². The Morgan fingerprint density at radius 2 is 1.85 bits per heavy atom. The monoisotopic (exact) mass is 426 g/mol. The van der Waals surface area contributed by atoms with Crippen LogP contribution in [-0.4, -0.2) is 13.4 Å². The van der Waals surface area contributed by atoms with Crippen molar-refractivity contribution < 1.29 is 17.2 Å². The van der Waals surface area contributed by atoms with E-state index in [1.807, 2.05) is 0 Å². The van der Waals surface area contributed by atoms with Crippen LogP contribution in [0.4, 0.5) is 14.6 Å².